The maximum Gasteiger partial charge on any atom is 0.313 e. The largest absolute Gasteiger partial charge is 0.391 e. The van der Waals surface area contributed by atoms with Crippen molar-refractivity contribution in [2.75, 3.05) is 5.32 Å². The van der Waals surface area contributed by atoms with Crippen molar-refractivity contribution in [1.82, 2.24) is 5.32 Å². The average molecular weight is 297 g/mol. The van der Waals surface area contributed by atoms with Gasteiger partial charge in [-0.2, -0.15) is 0 Å². The Hall–Kier alpha value is -1.59. The Morgan fingerprint density at radius 3 is 2.65 bits per heavy atom. The van der Waals surface area contributed by atoms with Gasteiger partial charge in [-0.1, -0.05) is 30.5 Å². The van der Waals surface area contributed by atoms with Gasteiger partial charge in [-0.25, -0.2) is 0 Å². The molecular weight excluding hydrogens is 280 g/mol. The lowest BCUT2D eigenvalue weighted by Gasteiger charge is -2.27. The second-order valence-electron chi connectivity index (χ2n) is 4.90. The van der Waals surface area contributed by atoms with Crippen molar-refractivity contribution >= 4 is 29.1 Å². The van der Waals surface area contributed by atoms with E-state index in [1.165, 1.54) is 0 Å². The summed E-state index contributed by atoms with van der Waals surface area (Å²) in [5.41, 5.74) is 0.460. The van der Waals surface area contributed by atoms with Crippen LogP contribution in [0.2, 0.25) is 5.02 Å². The van der Waals surface area contributed by atoms with Gasteiger partial charge in [-0.3, -0.25) is 9.59 Å². The van der Waals surface area contributed by atoms with Crippen molar-refractivity contribution in [3.63, 3.8) is 0 Å². The van der Waals surface area contributed by atoms with Crippen LogP contribution in [-0.2, 0) is 9.59 Å². The molecule has 0 radical (unpaired) electrons. The molecule has 2 unspecified atom stereocenters. The van der Waals surface area contributed by atoms with Crippen molar-refractivity contribution in [2.45, 2.75) is 37.8 Å². The van der Waals surface area contributed by atoms with Crippen LogP contribution in [0.4, 0.5) is 5.69 Å². The van der Waals surface area contributed by atoms with Crippen molar-refractivity contribution < 1.29 is 14.7 Å². The van der Waals surface area contributed by atoms with Crippen LogP contribution in [0.25, 0.3) is 0 Å². The molecule has 3 N–H and O–H groups in total. The molecule has 0 spiro atoms. The van der Waals surface area contributed by atoms with Crippen LogP contribution in [0.3, 0.4) is 0 Å². The van der Waals surface area contributed by atoms with Gasteiger partial charge < -0.3 is 15.7 Å². The number of hydrogen-bond acceptors (Lipinski definition) is 3. The zero-order chi connectivity index (χ0) is 14.5. The maximum absolute atomic E-state index is 11.8. The molecule has 2 atom stereocenters. The third kappa shape index (κ3) is 3.95. The Labute approximate surface area is 122 Å². The van der Waals surface area contributed by atoms with Crippen LogP contribution in [0.5, 0.6) is 0 Å². The molecule has 1 aromatic carbocycles. The van der Waals surface area contributed by atoms with E-state index < -0.39 is 17.9 Å². The lowest BCUT2D eigenvalue weighted by Crippen LogP contribution is -2.48. The van der Waals surface area contributed by atoms with E-state index in [2.05, 4.69) is 10.6 Å². The number of anilines is 1. The zero-order valence-electron chi connectivity index (χ0n) is 10.9. The molecule has 2 amide bonds. The number of carbonyl (C=O) groups excluding carboxylic acids is 2. The second-order valence-corrected chi connectivity index (χ2v) is 5.33. The predicted molar refractivity (Wildman–Crippen MR) is 76.5 cm³/mol. The summed E-state index contributed by atoms with van der Waals surface area (Å²) in [7, 11) is 0. The van der Waals surface area contributed by atoms with Gasteiger partial charge in [0.1, 0.15) is 0 Å². The van der Waals surface area contributed by atoms with Gasteiger partial charge in [0.15, 0.2) is 0 Å². The summed E-state index contributed by atoms with van der Waals surface area (Å²) in [6, 6.07) is 6.21. The van der Waals surface area contributed by atoms with E-state index in [4.69, 9.17) is 11.6 Å². The van der Waals surface area contributed by atoms with Crippen molar-refractivity contribution in [3.05, 3.63) is 29.3 Å². The minimum atomic E-state index is -0.759. The summed E-state index contributed by atoms with van der Waals surface area (Å²) >= 11 is 5.80. The first-order chi connectivity index (χ1) is 9.56. The number of nitrogens with one attached hydrogen (secondary N) is 2. The second kappa shape index (κ2) is 6.72. The molecule has 1 aliphatic rings. The predicted octanol–water partition coefficient (Wildman–Crippen LogP) is 1.70. The third-order valence-corrected chi connectivity index (χ3v) is 3.57. The topological polar surface area (TPSA) is 78.4 Å². The number of hydrogen-bond donors (Lipinski definition) is 3. The van der Waals surface area contributed by atoms with E-state index >= 15 is 0 Å². The number of halogens is 1. The van der Waals surface area contributed by atoms with Crippen LogP contribution in [-0.4, -0.2) is 29.1 Å². The molecule has 0 saturated heterocycles. The number of amides is 2. The molecule has 5 nitrogen and oxygen atoms in total. The lowest BCUT2D eigenvalue weighted by molar-refractivity contribution is -0.137. The van der Waals surface area contributed by atoms with Gasteiger partial charge in [0.2, 0.25) is 0 Å². The highest BCUT2D eigenvalue weighted by Gasteiger charge is 2.26. The summed E-state index contributed by atoms with van der Waals surface area (Å²) in [4.78, 5) is 23.5. The molecule has 108 valence electrons. The first-order valence-electron chi connectivity index (χ1n) is 6.62. The molecule has 2 rings (SSSR count). The van der Waals surface area contributed by atoms with Gasteiger partial charge >= 0.3 is 11.8 Å². The monoisotopic (exact) mass is 296 g/mol. The van der Waals surface area contributed by atoms with E-state index in [1.54, 1.807) is 24.3 Å². The van der Waals surface area contributed by atoms with Crippen molar-refractivity contribution in [1.29, 1.82) is 0 Å². The number of aliphatic hydroxyl groups excluding tert-OH is 1. The SMILES string of the molecule is O=C(Nc1cccc(Cl)c1)C(=O)NC1CCCCC1O. The molecule has 1 aromatic rings. The highest BCUT2D eigenvalue weighted by Crippen LogP contribution is 2.18. The van der Waals surface area contributed by atoms with Gasteiger partial charge in [0.05, 0.1) is 12.1 Å². The number of aliphatic hydroxyl groups is 1. The van der Waals surface area contributed by atoms with Crippen LogP contribution < -0.4 is 10.6 Å². The molecule has 0 aromatic heterocycles. The first kappa shape index (κ1) is 14.8. The van der Waals surface area contributed by atoms with E-state index in [1.807, 2.05) is 0 Å². The molecule has 1 fully saturated rings. The quantitative estimate of drug-likeness (QED) is 0.727. The summed E-state index contributed by atoms with van der Waals surface area (Å²) < 4.78 is 0. The van der Waals surface area contributed by atoms with Crippen LogP contribution in [0, 0.1) is 0 Å². The van der Waals surface area contributed by atoms with Crippen molar-refractivity contribution in [3.8, 4) is 0 Å². The Balaban J connectivity index is 1.90. The van der Waals surface area contributed by atoms with E-state index in [-0.39, 0.29) is 6.04 Å². The van der Waals surface area contributed by atoms with E-state index in [0.717, 1.165) is 12.8 Å². The summed E-state index contributed by atoms with van der Waals surface area (Å²) in [6.07, 6.45) is 2.66. The fourth-order valence-electron chi connectivity index (χ4n) is 2.27. The standard InChI is InChI=1S/C14H17ClN2O3/c15-9-4-3-5-10(8-9)16-13(19)14(20)17-11-6-1-2-7-12(11)18/h3-5,8,11-12,18H,1-2,6-7H2,(H,16,19)(H,17,20). The smallest absolute Gasteiger partial charge is 0.313 e. The molecule has 0 heterocycles. The van der Waals surface area contributed by atoms with Crippen LogP contribution in [0.1, 0.15) is 25.7 Å². The highest BCUT2D eigenvalue weighted by molar-refractivity contribution is 6.40. The molecule has 0 aliphatic heterocycles. The summed E-state index contributed by atoms with van der Waals surface area (Å²) in [6.45, 7) is 0. The minimum Gasteiger partial charge on any atom is -0.391 e. The Morgan fingerprint density at radius 1 is 1.20 bits per heavy atom. The average Bonchev–Trinajstić information content (AvgIpc) is 2.41. The molecule has 0 bridgehead atoms. The number of rotatable bonds is 2. The van der Waals surface area contributed by atoms with Crippen LogP contribution in [0.15, 0.2) is 24.3 Å². The molecule has 20 heavy (non-hydrogen) atoms. The summed E-state index contributed by atoms with van der Waals surface area (Å²) in [5, 5.41) is 15.3. The minimum absolute atomic E-state index is 0.346. The Bertz CT molecular complexity index is 507. The first-order valence-corrected chi connectivity index (χ1v) is 6.99. The molecule has 6 heteroatoms. The van der Waals surface area contributed by atoms with E-state index in [9.17, 15) is 14.7 Å². The number of benzene rings is 1. The van der Waals surface area contributed by atoms with Gasteiger partial charge in [0, 0.05) is 10.7 Å². The third-order valence-electron chi connectivity index (χ3n) is 3.33. The lowest BCUT2D eigenvalue weighted by atomic mass is 9.92. The van der Waals surface area contributed by atoms with Crippen molar-refractivity contribution in [2.24, 2.45) is 0 Å². The van der Waals surface area contributed by atoms with Gasteiger partial charge in [0.25, 0.3) is 0 Å². The normalized spacial score (nSPS) is 22.1. The highest BCUT2D eigenvalue weighted by atomic mass is 35.5. The summed E-state index contributed by atoms with van der Waals surface area (Å²) in [5.74, 6) is -1.50. The molecular formula is C14H17ClN2O3. The fraction of sp³-hybridized carbons (Fsp3) is 0.429. The maximum atomic E-state index is 11.8. The fourth-order valence-corrected chi connectivity index (χ4v) is 2.46. The van der Waals surface area contributed by atoms with Gasteiger partial charge in [-0.05, 0) is 31.0 Å². The van der Waals surface area contributed by atoms with Gasteiger partial charge in [-0.15, -0.1) is 0 Å². The van der Waals surface area contributed by atoms with Crippen LogP contribution >= 0.6 is 11.6 Å². The molecule has 1 saturated carbocycles. The zero-order valence-corrected chi connectivity index (χ0v) is 11.7. The Kier molecular flexibility index (Phi) is 4.98. The number of carbonyl (C=O) groups is 2. The van der Waals surface area contributed by atoms with E-state index in [0.29, 0.717) is 23.6 Å². The molecule has 1 aliphatic carbocycles. The Morgan fingerprint density at radius 2 is 1.95 bits per heavy atom.